The summed E-state index contributed by atoms with van der Waals surface area (Å²) in [4.78, 5) is 22.4. The average molecular weight is 302 g/mol. The number of nitro groups is 1. The van der Waals surface area contributed by atoms with Crippen molar-refractivity contribution in [3.63, 3.8) is 0 Å². The van der Waals surface area contributed by atoms with Gasteiger partial charge in [0.25, 0.3) is 0 Å². The summed E-state index contributed by atoms with van der Waals surface area (Å²) in [6.45, 7) is 5.52. The largest absolute Gasteiger partial charge is 0.350 e. The molecule has 0 saturated heterocycles. The molecule has 0 bridgehead atoms. The Hall–Kier alpha value is -2.70. The van der Waals surface area contributed by atoms with Gasteiger partial charge in [0, 0.05) is 6.54 Å². The highest BCUT2D eigenvalue weighted by atomic mass is 16.6. The summed E-state index contributed by atoms with van der Waals surface area (Å²) in [6, 6.07) is 7.84. The second-order valence-electron chi connectivity index (χ2n) is 5.20. The predicted molar refractivity (Wildman–Crippen MR) is 81.4 cm³/mol. The van der Waals surface area contributed by atoms with Crippen molar-refractivity contribution in [2.75, 3.05) is 0 Å². The lowest BCUT2D eigenvalue weighted by Gasteiger charge is -2.07. The smallest absolute Gasteiger partial charge is 0.312 e. The Labute approximate surface area is 128 Å². The maximum Gasteiger partial charge on any atom is 0.312 e. The van der Waals surface area contributed by atoms with Crippen LogP contribution in [0.2, 0.25) is 0 Å². The summed E-state index contributed by atoms with van der Waals surface area (Å²) < 4.78 is 1.36. The van der Waals surface area contributed by atoms with Crippen LogP contribution < -0.4 is 5.32 Å². The Morgan fingerprint density at radius 1 is 1.36 bits per heavy atom. The molecule has 116 valence electrons. The number of rotatable bonds is 5. The van der Waals surface area contributed by atoms with Gasteiger partial charge in [-0.15, -0.1) is 0 Å². The minimum atomic E-state index is -0.473. The van der Waals surface area contributed by atoms with Crippen LogP contribution in [-0.4, -0.2) is 20.6 Å². The minimum absolute atomic E-state index is 0.0354. The van der Waals surface area contributed by atoms with Crippen LogP contribution in [0.1, 0.15) is 22.5 Å². The Balaban J connectivity index is 2.01. The number of aryl methyl sites for hydroxylation is 2. The normalized spacial score (nSPS) is 10.5. The summed E-state index contributed by atoms with van der Waals surface area (Å²) in [5, 5.41) is 17.8. The predicted octanol–water partition coefficient (Wildman–Crippen LogP) is 2.03. The number of hydrogen-bond donors (Lipinski definition) is 1. The van der Waals surface area contributed by atoms with Crippen molar-refractivity contribution >= 4 is 11.6 Å². The second-order valence-corrected chi connectivity index (χ2v) is 5.20. The topological polar surface area (TPSA) is 90.1 Å². The molecular formula is C15H18N4O3. The van der Waals surface area contributed by atoms with Crippen molar-refractivity contribution in [1.82, 2.24) is 15.1 Å². The lowest BCUT2D eigenvalue weighted by molar-refractivity contribution is -0.386. The monoisotopic (exact) mass is 302 g/mol. The van der Waals surface area contributed by atoms with Gasteiger partial charge in [-0.05, 0) is 26.3 Å². The minimum Gasteiger partial charge on any atom is -0.350 e. The van der Waals surface area contributed by atoms with E-state index in [-0.39, 0.29) is 18.1 Å². The molecule has 1 aromatic heterocycles. The van der Waals surface area contributed by atoms with E-state index in [1.54, 1.807) is 13.8 Å². The van der Waals surface area contributed by atoms with Crippen LogP contribution in [0.25, 0.3) is 0 Å². The molecule has 0 spiro atoms. The number of amides is 1. The fourth-order valence-electron chi connectivity index (χ4n) is 2.32. The number of nitrogens with zero attached hydrogens (tertiary/aromatic N) is 3. The van der Waals surface area contributed by atoms with Gasteiger partial charge >= 0.3 is 5.69 Å². The van der Waals surface area contributed by atoms with Gasteiger partial charge in [-0.2, -0.15) is 5.10 Å². The van der Waals surface area contributed by atoms with Gasteiger partial charge in [0.15, 0.2) is 0 Å². The highest BCUT2D eigenvalue weighted by Crippen LogP contribution is 2.21. The van der Waals surface area contributed by atoms with Crippen molar-refractivity contribution in [2.24, 2.45) is 0 Å². The Morgan fingerprint density at radius 3 is 2.68 bits per heavy atom. The zero-order valence-corrected chi connectivity index (χ0v) is 12.8. The fraction of sp³-hybridized carbons (Fsp3) is 0.333. The van der Waals surface area contributed by atoms with Gasteiger partial charge < -0.3 is 5.32 Å². The number of carbonyl (C=O) groups excluding carboxylic acids is 1. The van der Waals surface area contributed by atoms with Crippen molar-refractivity contribution in [3.05, 3.63) is 56.9 Å². The molecule has 0 unspecified atom stereocenters. The summed E-state index contributed by atoms with van der Waals surface area (Å²) >= 11 is 0. The SMILES string of the molecule is Cc1cccc(CNC(=O)Cn2nc(C)c([N+](=O)[O-])c2C)c1. The summed E-state index contributed by atoms with van der Waals surface area (Å²) in [7, 11) is 0. The summed E-state index contributed by atoms with van der Waals surface area (Å²) in [5.41, 5.74) is 2.79. The van der Waals surface area contributed by atoms with Crippen molar-refractivity contribution < 1.29 is 9.72 Å². The lowest BCUT2D eigenvalue weighted by atomic mass is 10.1. The fourth-order valence-corrected chi connectivity index (χ4v) is 2.32. The van der Waals surface area contributed by atoms with E-state index in [9.17, 15) is 14.9 Å². The first-order chi connectivity index (χ1) is 10.4. The average Bonchev–Trinajstić information content (AvgIpc) is 2.71. The van der Waals surface area contributed by atoms with Crippen LogP contribution in [0.5, 0.6) is 0 Å². The molecule has 1 N–H and O–H groups in total. The van der Waals surface area contributed by atoms with Gasteiger partial charge in [-0.1, -0.05) is 29.8 Å². The number of nitrogens with one attached hydrogen (secondary N) is 1. The molecule has 1 amide bonds. The first-order valence-electron chi connectivity index (χ1n) is 6.89. The van der Waals surface area contributed by atoms with E-state index in [2.05, 4.69) is 10.4 Å². The standard InChI is InChI=1S/C15H18N4O3/c1-10-5-4-6-13(7-10)8-16-14(20)9-18-12(3)15(19(21)22)11(2)17-18/h4-7H,8-9H2,1-3H3,(H,16,20). The van der Waals surface area contributed by atoms with Gasteiger partial charge in [-0.3, -0.25) is 19.6 Å². The van der Waals surface area contributed by atoms with E-state index in [0.29, 0.717) is 17.9 Å². The maximum absolute atomic E-state index is 12.0. The van der Waals surface area contributed by atoms with E-state index in [1.807, 2.05) is 31.2 Å². The van der Waals surface area contributed by atoms with Crippen molar-refractivity contribution in [2.45, 2.75) is 33.9 Å². The molecule has 2 rings (SSSR count). The first-order valence-corrected chi connectivity index (χ1v) is 6.89. The van der Waals surface area contributed by atoms with Crippen LogP contribution in [-0.2, 0) is 17.9 Å². The van der Waals surface area contributed by atoms with E-state index in [4.69, 9.17) is 0 Å². The Kier molecular flexibility index (Phi) is 4.55. The third-order valence-corrected chi connectivity index (χ3v) is 3.39. The lowest BCUT2D eigenvalue weighted by Crippen LogP contribution is -2.28. The van der Waals surface area contributed by atoms with E-state index in [1.165, 1.54) is 4.68 Å². The van der Waals surface area contributed by atoms with Crippen LogP contribution in [0.15, 0.2) is 24.3 Å². The highest BCUT2D eigenvalue weighted by Gasteiger charge is 2.22. The molecule has 22 heavy (non-hydrogen) atoms. The highest BCUT2D eigenvalue weighted by molar-refractivity contribution is 5.75. The van der Waals surface area contributed by atoms with Crippen molar-refractivity contribution in [3.8, 4) is 0 Å². The zero-order valence-electron chi connectivity index (χ0n) is 12.8. The van der Waals surface area contributed by atoms with E-state index >= 15 is 0 Å². The van der Waals surface area contributed by atoms with Crippen LogP contribution in [0.3, 0.4) is 0 Å². The van der Waals surface area contributed by atoms with E-state index < -0.39 is 4.92 Å². The molecule has 0 aliphatic carbocycles. The number of aromatic nitrogens is 2. The first kappa shape index (κ1) is 15.7. The zero-order chi connectivity index (χ0) is 16.3. The van der Waals surface area contributed by atoms with Crippen LogP contribution >= 0.6 is 0 Å². The summed E-state index contributed by atoms with van der Waals surface area (Å²) in [5.74, 6) is -0.234. The third-order valence-electron chi connectivity index (χ3n) is 3.39. The number of hydrogen-bond acceptors (Lipinski definition) is 4. The van der Waals surface area contributed by atoms with Gasteiger partial charge in [0.05, 0.1) is 4.92 Å². The van der Waals surface area contributed by atoms with Crippen LogP contribution in [0.4, 0.5) is 5.69 Å². The van der Waals surface area contributed by atoms with Gasteiger partial charge in [0.1, 0.15) is 17.9 Å². The molecular weight excluding hydrogens is 284 g/mol. The summed E-state index contributed by atoms with van der Waals surface area (Å²) in [6.07, 6.45) is 0. The van der Waals surface area contributed by atoms with Crippen molar-refractivity contribution in [1.29, 1.82) is 0 Å². The molecule has 2 aromatic rings. The molecule has 0 aliphatic rings. The van der Waals surface area contributed by atoms with Crippen LogP contribution in [0, 0.1) is 30.9 Å². The molecule has 7 heteroatoms. The van der Waals surface area contributed by atoms with E-state index in [0.717, 1.165) is 11.1 Å². The van der Waals surface area contributed by atoms with Gasteiger partial charge in [0.2, 0.25) is 5.91 Å². The Bertz CT molecular complexity index is 722. The molecule has 0 saturated carbocycles. The molecule has 0 aliphatic heterocycles. The third kappa shape index (κ3) is 3.49. The molecule has 0 radical (unpaired) electrons. The molecule has 1 heterocycles. The Morgan fingerprint density at radius 2 is 2.09 bits per heavy atom. The molecule has 7 nitrogen and oxygen atoms in total. The van der Waals surface area contributed by atoms with Gasteiger partial charge in [-0.25, -0.2) is 0 Å². The number of carbonyl (C=O) groups is 1. The second kappa shape index (κ2) is 6.38. The molecule has 0 atom stereocenters. The molecule has 1 aromatic carbocycles. The maximum atomic E-state index is 12.0. The molecule has 0 fully saturated rings. The quantitative estimate of drug-likeness (QED) is 0.676. The number of benzene rings is 1.